The lowest BCUT2D eigenvalue weighted by Crippen LogP contribution is -2.37. The summed E-state index contributed by atoms with van der Waals surface area (Å²) in [6, 6.07) is 4.05. The maximum Gasteiger partial charge on any atom is 0.265 e. The summed E-state index contributed by atoms with van der Waals surface area (Å²) in [6.07, 6.45) is 5.72. The number of nitrogens with one attached hydrogen (secondary N) is 1. The first kappa shape index (κ1) is 16.3. The highest BCUT2D eigenvalue weighted by Gasteiger charge is 2.28. The van der Waals surface area contributed by atoms with Crippen molar-refractivity contribution in [3.63, 3.8) is 0 Å². The molecule has 1 aromatic carbocycles. The first-order chi connectivity index (χ1) is 10.9. The highest BCUT2D eigenvalue weighted by atomic mass is 32.2. The van der Waals surface area contributed by atoms with Gasteiger partial charge in [-0.05, 0) is 61.8 Å². The van der Waals surface area contributed by atoms with Gasteiger partial charge >= 0.3 is 0 Å². The minimum Gasteiger partial charge on any atom is -0.478 e. The van der Waals surface area contributed by atoms with E-state index in [0.29, 0.717) is 18.6 Å². The van der Waals surface area contributed by atoms with Gasteiger partial charge in [0, 0.05) is 0 Å². The van der Waals surface area contributed by atoms with Crippen LogP contribution in [0.5, 0.6) is 5.75 Å². The Kier molecular flexibility index (Phi) is 4.59. The molecule has 1 N–H and O–H groups in total. The molecule has 0 saturated heterocycles. The van der Waals surface area contributed by atoms with Gasteiger partial charge in [-0.1, -0.05) is 0 Å². The lowest BCUT2D eigenvalue weighted by molar-refractivity contribution is -0.123. The lowest BCUT2D eigenvalue weighted by Gasteiger charge is -2.28. The molecule has 1 aliphatic heterocycles. The van der Waals surface area contributed by atoms with E-state index in [0.717, 1.165) is 24.8 Å². The van der Waals surface area contributed by atoms with Crippen molar-refractivity contribution in [1.82, 2.24) is 0 Å². The summed E-state index contributed by atoms with van der Waals surface area (Å²) >= 11 is 0. The lowest BCUT2D eigenvalue weighted by atomic mass is 9.90. The topological polar surface area (TPSA) is 81.7 Å². The van der Waals surface area contributed by atoms with Crippen molar-refractivity contribution >= 4 is 21.7 Å². The summed E-state index contributed by atoms with van der Waals surface area (Å²) in [6.45, 7) is 0.0585. The van der Waals surface area contributed by atoms with Gasteiger partial charge in [0.2, 0.25) is 0 Å². The average molecular weight is 339 g/mol. The second-order valence-corrected chi connectivity index (χ2v) is 7.73. The predicted octanol–water partition coefficient (Wildman–Crippen LogP) is 2.02. The number of benzene rings is 1. The second kappa shape index (κ2) is 6.49. The Bertz CT molecular complexity index is 713. The van der Waals surface area contributed by atoms with E-state index < -0.39 is 16.2 Å². The van der Waals surface area contributed by atoms with Gasteiger partial charge in [0.1, 0.15) is 5.75 Å². The second-order valence-electron chi connectivity index (χ2n) is 6.09. The molecule has 1 aromatic rings. The summed E-state index contributed by atoms with van der Waals surface area (Å²) in [7, 11) is -3.44. The van der Waals surface area contributed by atoms with Gasteiger partial charge in [-0.15, -0.1) is 0 Å². The Morgan fingerprint density at radius 1 is 1.26 bits per heavy atom. The van der Waals surface area contributed by atoms with E-state index in [4.69, 9.17) is 4.74 Å². The van der Waals surface area contributed by atoms with Gasteiger partial charge in [-0.3, -0.25) is 8.98 Å². The Balaban J connectivity index is 1.64. The Labute approximate surface area is 136 Å². The molecule has 0 saturated carbocycles. The van der Waals surface area contributed by atoms with Crippen LogP contribution in [-0.4, -0.2) is 33.3 Å². The number of hydrogen-bond donors (Lipinski definition) is 1. The summed E-state index contributed by atoms with van der Waals surface area (Å²) in [4.78, 5) is 12.1. The van der Waals surface area contributed by atoms with Crippen molar-refractivity contribution in [3.8, 4) is 5.75 Å². The summed E-state index contributed by atoms with van der Waals surface area (Å²) < 4.78 is 32.3. The molecule has 1 aliphatic carbocycles. The van der Waals surface area contributed by atoms with Crippen LogP contribution in [0.3, 0.4) is 0 Å². The molecule has 0 bridgehead atoms. The molecule has 0 radical (unpaired) electrons. The fourth-order valence-electron chi connectivity index (χ4n) is 3.05. The summed E-state index contributed by atoms with van der Waals surface area (Å²) in [5.74, 6) is 0.520. The summed E-state index contributed by atoms with van der Waals surface area (Å²) in [5.41, 5.74) is 3.32. The maximum absolute atomic E-state index is 12.1. The number of anilines is 1. The van der Waals surface area contributed by atoms with Gasteiger partial charge in [0.15, 0.2) is 6.10 Å². The third-order valence-corrected chi connectivity index (χ3v) is 4.77. The zero-order valence-electron chi connectivity index (χ0n) is 13.1. The standard InChI is InChI=1S/C16H21NO5S/c1-23(19,20)21-8-4-7-14-16(18)17-13-9-11-5-2-3-6-12(11)10-15(13)22-14/h9-10,14H,2-8H2,1H3,(H,17,18)/t14-/m0/s1. The largest absolute Gasteiger partial charge is 0.478 e. The Morgan fingerprint density at radius 3 is 2.65 bits per heavy atom. The highest BCUT2D eigenvalue weighted by molar-refractivity contribution is 7.85. The smallest absolute Gasteiger partial charge is 0.265 e. The number of carbonyl (C=O) groups is 1. The number of aryl methyl sites for hydroxylation is 2. The number of amides is 1. The van der Waals surface area contributed by atoms with E-state index in [9.17, 15) is 13.2 Å². The Morgan fingerprint density at radius 2 is 1.96 bits per heavy atom. The van der Waals surface area contributed by atoms with Crippen molar-refractivity contribution in [3.05, 3.63) is 23.3 Å². The van der Waals surface area contributed by atoms with Crippen LogP contribution in [0, 0.1) is 0 Å². The number of ether oxygens (including phenoxy) is 1. The third kappa shape index (κ3) is 4.03. The molecule has 0 fully saturated rings. The fourth-order valence-corrected chi connectivity index (χ4v) is 3.47. The third-order valence-electron chi connectivity index (χ3n) is 4.17. The van der Waals surface area contributed by atoms with Gasteiger partial charge in [-0.2, -0.15) is 8.42 Å². The minimum atomic E-state index is -3.44. The van der Waals surface area contributed by atoms with Crippen molar-refractivity contribution in [2.75, 3.05) is 18.2 Å². The molecule has 7 heteroatoms. The quantitative estimate of drug-likeness (QED) is 0.656. The van der Waals surface area contributed by atoms with E-state index in [1.807, 2.05) is 12.1 Å². The van der Waals surface area contributed by atoms with Gasteiger partial charge in [-0.25, -0.2) is 0 Å². The molecule has 23 heavy (non-hydrogen) atoms. The van der Waals surface area contributed by atoms with E-state index in [1.165, 1.54) is 24.0 Å². The average Bonchev–Trinajstić information content (AvgIpc) is 2.49. The molecule has 0 unspecified atom stereocenters. The molecular formula is C16H21NO5S. The van der Waals surface area contributed by atoms with Crippen LogP contribution in [-0.2, 0) is 31.9 Å². The highest BCUT2D eigenvalue weighted by Crippen LogP contribution is 2.36. The van der Waals surface area contributed by atoms with Crippen LogP contribution in [0.1, 0.15) is 36.8 Å². The number of rotatable bonds is 5. The van der Waals surface area contributed by atoms with Crippen LogP contribution in [0.25, 0.3) is 0 Å². The molecule has 0 spiro atoms. The van der Waals surface area contributed by atoms with Gasteiger partial charge < -0.3 is 10.1 Å². The first-order valence-corrected chi connectivity index (χ1v) is 9.72. The van der Waals surface area contributed by atoms with Gasteiger partial charge in [0.05, 0.1) is 18.6 Å². The molecule has 6 nitrogen and oxygen atoms in total. The fraction of sp³-hybridized carbons (Fsp3) is 0.562. The molecule has 2 aliphatic rings. The Hall–Kier alpha value is -1.60. The van der Waals surface area contributed by atoms with E-state index >= 15 is 0 Å². The van der Waals surface area contributed by atoms with Crippen LogP contribution in [0.2, 0.25) is 0 Å². The summed E-state index contributed by atoms with van der Waals surface area (Å²) in [5, 5.41) is 2.89. The van der Waals surface area contributed by atoms with Crippen molar-refractivity contribution < 1.29 is 22.1 Å². The zero-order chi connectivity index (χ0) is 16.4. The normalized spacial score (nSPS) is 20.2. The molecule has 1 amide bonds. The van der Waals surface area contributed by atoms with E-state index in [-0.39, 0.29) is 12.5 Å². The van der Waals surface area contributed by atoms with E-state index in [1.54, 1.807) is 0 Å². The molecule has 1 heterocycles. The van der Waals surface area contributed by atoms with Crippen LogP contribution in [0.4, 0.5) is 5.69 Å². The van der Waals surface area contributed by atoms with Gasteiger partial charge in [0.25, 0.3) is 16.0 Å². The van der Waals surface area contributed by atoms with Crippen LogP contribution in [0.15, 0.2) is 12.1 Å². The molecule has 126 valence electrons. The molecule has 1 atom stereocenters. The van der Waals surface area contributed by atoms with Crippen molar-refractivity contribution in [2.45, 2.75) is 44.6 Å². The number of fused-ring (bicyclic) bond motifs is 2. The molecule has 3 rings (SSSR count). The minimum absolute atomic E-state index is 0.0585. The SMILES string of the molecule is CS(=O)(=O)OCCC[C@@H]1Oc2cc3c(cc2NC1=O)CCCC3. The molecular weight excluding hydrogens is 318 g/mol. The first-order valence-electron chi connectivity index (χ1n) is 7.90. The predicted molar refractivity (Wildman–Crippen MR) is 86.2 cm³/mol. The molecule has 0 aromatic heterocycles. The number of hydrogen-bond acceptors (Lipinski definition) is 5. The zero-order valence-corrected chi connectivity index (χ0v) is 13.9. The van der Waals surface area contributed by atoms with E-state index in [2.05, 4.69) is 9.50 Å². The van der Waals surface area contributed by atoms with Crippen LogP contribution >= 0.6 is 0 Å². The monoisotopic (exact) mass is 339 g/mol. The maximum atomic E-state index is 12.1. The number of carbonyl (C=O) groups excluding carboxylic acids is 1. The van der Waals surface area contributed by atoms with Crippen LogP contribution < -0.4 is 10.1 Å². The van der Waals surface area contributed by atoms with Crippen molar-refractivity contribution in [2.24, 2.45) is 0 Å². The van der Waals surface area contributed by atoms with Crippen molar-refractivity contribution in [1.29, 1.82) is 0 Å².